The zero-order valence-electron chi connectivity index (χ0n) is 14.2. The molecule has 0 saturated carbocycles. The Morgan fingerprint density at radius 3 is 2.79 bits per heavy atom. The lowest BCUT2D eigenvalue weighted by Gasteiger charge is -2.14. The van der Waals surface area contributed by atoms with Crippen molar-refractivity contribution in [1.29, 1.82) is 0 Å². The minimum absolute atomic E-state index is 0.113. The van der Waals surface area contributed by atoms with E-state index in [9.17, 15) is 4.79 Å². The summed E-state index contributed by atoms with van der Waals surface area (Å²) in [7, 11) is 5.57. The molecule has 0 fully saturated rings. The van der Waals surface area contributed by atoms with Crippen LogP contribution in [0.3, 0.4) is 0 Å². The van der Waals surface area contributed by atoms with Gasteiger partial charge in [0.05, 0.1) is 16.4 Å². The quantitative estimate of drug-likeness (QED) is 0.649. The summed E-state index contributed by atoms with van der Waals surface area (Å²) < 4.78 is 12.6. The summed E-state index contributed by atoms with van der Waals surface area (Å²) in [4.78, 5) is 19.2. The second kappa shape index (κ2) is 6.98. The fourth-order valence-corrected chi connectivity index (χ4v) is 2.68. The maximum absolute atomic E-state index is 12.7. The highest BCUT2D eigenvalue weighted by Crippen LogP contribution is 2.25. The highest BCUT2D eigenvalue weighted by atomic mass is 16.5. The van der Waals surface area contributed by atoms with E-state index in [1.807, 2.05) is 32.3 Å². The van der Waals surface area contributed by atoms with Crippen molar-refractivity contribution in [3.63, 3.8) is 0 Å². The van der Waals surface area contributed by atoms with E-state index in [1.54, 1.807) is 30.0 Å². The molecule has 24 heavy (non-hydrogen) atoms. The molecule has 0 aliphatic rings. The van der Waals surface area contributed by atoms with E-state index in [0.717, 1.165) is 23.2 Å². The van der Waals surface area contributed by atoms with Gasteiger partial charge >= 0.3 is 0 Å². The lowest BCUT2D eigenvalue weighted by atomic mass is 10.1. The van der Waals surface area contributed by atoms with E-state index >= 15 is 0 Å². The number of methoxy groups -OCH3 is 1. The predicted molar refractivity (Wildman–Crippen MR) is 94.6 cm³/mol. The fourth-order valence-electron chi connectivity index (χ4n) is 2.68. The third-order valence-corrected chi connectivity index (χ3v) is 3.86. The molecule has 0 unspecified atom stereocenters. The fraction of sp³-hybridized carbons (Fsp3) is 0.333. The standard InChI is InChI=1S/C18H21N3O3/c1-20(2)9-10-24-13-6-7-14-16(11-13)21(12-23-3)18(22)15-5-4-8-19-17(14)15/h4-8,11H,9-10,12H2,1-3H3. The third kappa shape index (κ3) is 3.11. The minimum atomic E-state index is -0.113. The summed E-state index contributed by atoms with van der Waals surface area (Å²) in [6.07, 6.45) is 1.70. The number of ether oxygens (including phenoxy) is 2. The molecule has 3 aromatic rings. The Kier molecular flexibility index (Phi) is 4.78. The molecule has 0 amide bonds. The number of hydrogen-bond acceptors (Lipinski definition) is 5. The molecular formula is C18H21N3O3. The SMILES string of the molecule is COCn1c(=O)c2cccnc2c2ccc(OCCN(C)C)cc21. The van der Waals surface area contributed by atoms with Gasteiger partial charge in [0.25, 0.3) is 5.56 Å². The summed E-state index contributed by atoms with van der Waals surface area (Å²) in [5, 5.41) is 1.49. The summed E-state index contributed by atoms with van der Waals surface area (Å²) in [6.45, 7) is 1.59. The average Bonchev–Trinajstić information content (AvgIpc) is 2.58. The Bertz CT molecular complexity index is 918. The van der Waals surface area contributed by atoms with Crippen LogP contribution >= 0.6 is 0 Å². The van der Waals surface area contributed by atoms with Crippen molar-refractivity contribution in [2.24, 2.45) is 0 Å². The van der Waals surface area contributed by atoms with Crippen molar-refractivity contribution in [3.05, 3.63) is 46.9 Å². The summed E-state index contributed by atoms with van der Waals surface area (Å²) >= 11 is 0. The first-order valence-corrected chi connectivity index (χ1v) is 7.79. The van der Waals surface area contributed by atoms with Crippen LogP contribution in [0.1, 0.15) is 0 Å². The van der Waals surface area contributed by atoms with Crippen molar-refractivity contribution >= 4 is 21.8 Å². The van der Waals surface area contributed by atoms with Crippen molar-refractivity contribution in [3.8, 4) is 5.75 Å². The number of rotatable bonds is 6. The monoisotopic (exact) mass is 327 g/mol. The van der Waals surface area contributed by atoms with Crippen molar-refractivity contribution in [1.82, 2.24) is 14.5 Å². The molecule has 0 aliphatic carbocycles. The Labute approximate surface area is 140 Å². The summed E-state index contributed by atoms with van der Waals surface area (Å²) in [6, 6.07) is 9.29. The van der Waals surface area contributed by atoms with E-state index in [1.165, 1.54) is 0 Å². The molecule has 6 heteroatoms. The smallest absolute Gasteiger partial charge is 0.262 e. The Morgan fingerprint density at radius 2 is 2.04 bits per heavy atom. The lowest BCUT2D eigenvalue weighted by molar-refractivity contribution is 0.132. The van der Waals surface area contributed by atoms with Crippen molar-refractivity contribution < 1.29 is 9.47 Å². The predicted octanol–water partition coefficient (Wildman–Crippen LogP) is 2.09. The van der Waals surface area contributed by atoms with Gasteiger partial charge in [0.2, 0.25) is 0 Å². The number of fused-ring (bicyclic) bond motifs is 3. The van der Waals surface area contributed by atoms with E-state index in [4.69, 9.17) is 9.47 Å². The minimum Gasteiger partial charge on any atom is -0.492 e. The van der Waals surface area contributed by atoms with Gasteiger partial charge in [0.15, 0.2) is 0 Å². The van der Waals surface area contributed by atoms with Crippen LogP contribution < -0.4 is 10.3 Å². The Balaban J connectivity index is 2.14. The highest BCUT2D eigenvalue weighted by molar-refractivity contribution is 6.03. The third-order valence-electron chi connectivity index (χ3n) is 3.86. The number of aromatic nitrogens is 2. The van der Waals surface area contributed by atoms with Crippen LogP contribution in [0.15, 0.2) is 41.3 Å². The lowest BCUT2D eigenvalue weighted by Crippen LogP contribution is -2.22. The first-order chi connectivity index (χ1) is 11.6. The average molecular weight is 327 g/mol. The number of benzene rings is 1. The second-order valence-electron chi connectivity index (χ2n) is 5.88. The number of likely N-dealkylation sites (N-methyl/N-ethyl adjacent to an activating group) is 1. The Hall–Kier alpha value is -2.44. The number of pyridine rings is 2. The van der Waals surface area contributed by atoms with Crippen LogP contribution in [0.4, 0.5) is 0 Å². The van der Waals surface area contributed by atoms with E-state index < -0.39 is 0 Å². The molecule has 0 aliphatic heterocycles. The largest absolute Gasteiger partial charge is 0.492 e. The molecule has 2 aromatic heterocycles. The van der Waals surface area contributed by atoms with Crippen molar-refractivity contribution in [2.45, 2.75) is 6.73 Å². The molecule has 0 spiro atoms. The number of nitrogens with zero attached hydrogens (tertiary/aromatic N) is 3. The van der Waals surface area contributed by atoms with Gasteiger partial charge in [-0.2, -0.15) is 0 Å². The molecule has 1 aromatic carbocycles. The molecule has 0 bridgehead atoms. The van der Waals surface area contributed by atoms with E-state index in [0.29, 0.717) is 17.5 Å². The van der Waals surface area contributed by atoms with Gasteiger partial charge in [-0.1, -0.05) is 0 Å². The van der Waals surface area contributed by atoms with E-state index in [-0.39, 0.29) is 12.3 Å². The maximum Gasteiger partial charge on any atom is 0.262 e. The van der Waals surface area contributed by atoms with Gasteiger partial charge in [-0.3, -0.25) is 14.3 Å². The molecule has 3 rings (SSSR count). The van der Waals surface area contributed by atoms with Crippen LogP contribution in [0.5, 0.6) is 5.75 Å². The van der Waals surface area contributed by atoms with Crippen LogP contribution in [-0.4, -0.2) is 48.8 Å². The molecule has 0 atom stereocenters. The van der Waals surface area contributed by atoms with Crippen LogP contribution in [0.2, 0.25) is 0 Å². The normalized spacial score (nSPS) is 11.5. The summed E-state index contributed by atoms with van der Waals surface area (Å²) in [5.41, 5.74) is 1.35. The second-order valence-corrected chi connectivity index (χ2v) is 5.88. The Morgan fingerprint density at radius 1 is 1.21 bits per heavy atom. The molecular weight excluding hydrogens is 306 g/mol. The molecule has 0 saturated heterocycles. The van der Waals surface area contributed by atoms with Gasteiger partial charge in [-0.15, -0.1) is 0 Å². The van der Waals surface area contributed by atoms with Gasteiger partial charge in [0.1, 0.15) is 19.1 Å². The highest BCUT2D eigenvalue weighted by Gasteiger charge is 2.12. The van der Waals surface area contributed by atoms with Gasteiger partial charge in [-0.05, 0) is 38.4 Å². The summed E-state index contributed by atoms with van der Waals surface area (Å²) in [5.74, 6) is 0.726. The van der Waals surface area contributed by atoms with Gasteiger partial charge in [0, 0.05) is 31.3 Å². The molecule has 0 radical (unpaired) electrons. The van der Waals surface area contributed by atoms with Crippen LogP contribution in [0, 0.1) is 0 Å². The van der Waals surface area contributed by atoms with Gasteiger partial charge < -0.3 is 14.4 Å². The van der Waals surface area contributed by atoms with Crippen LogP contribution in [-0.2, 0) is 11.5 Å². The van der Waals surface area contributed by atoms with E-state index in [2.05, 4.69) is 9.88 Å². The zero-order valence-corrected chi connectivity index (χ0v) is 14.2. The molecule has 2 heterocycles. The maximum atomic E-state index is 12.7. The number of hydrogen-bond donors (Lipinski definition) is 0. The molecule has 6 nitrogen and oxygen atoms in total. The zero-order chi connectivity index (χ0) is 17.1. The first-order valence-electron chi connectivity index (χ1n) is 7.79. The molecule has 0 N–H and O–H groups in total. The topological polar surface area (TPSA) is 56.6 Å². The van der Waals surface area contributed by atoms with Crippen molar-refractivity contribution in [2.75, 3.05) is 34.4 Å². The van der Waals surface area contributed by atoms with Gasteiger partial charge in [-0.25, -0.2) is 0 Å². The first kappa shape index (κ1) is 16.4. The van der Waals surface area contributed by atoms with Crippen LogP contribution in [0.25, 0.3) is 21.8 Å². The molecule has 126 valence electrons.